The highest BCUT2D eigenvalue weighted by Crippen LogP contribution is 2.41. The molecular formula is C42H48O12. The molecule has 0 spiro atoms. The molecule has 3 unspecified atom stereocenters. The Morgan fingerprint density at radius 1 is 0.796 bits per heavy atom. The van der Waals surface area contributed by atoms with Crippen LogP contribution in [0.25, 0.3) is 5.76 Å². The molecule has 54 heavy (non-hydrogen) atoms. The first kappa shape index (κ1) is 45.9. The first-order valence-electron chi connectivity index (χ1n) is 16.9. The molecule has 1 N–H and O–H groups in total. The number of ether oxygens (including phenoxy) is 4. The smallest absolute Gasteiger partial charge is 0.373 e. The number of carbonyl (C=O) groups excluding carboxylic acids is 7. The summed E-state index contributed by atoms with van der Waals surface area (Å²) in [6.45, 7) is 7.68. The molecule has 0 heterocycles. The van der Waals surface area contributed by atoms with Crippen LogP contribution in [0.5, 0.6) is 0 Å². The van der Waals surface area contributed by atoms with Crippen LogP contribution in [-0.4, -0.2) is 69.4 Å². The van der Waals surface area contributed by atoms with Gasteiger partial charge in [-0.05, 0) is 60.4 Å². The predicted octanol–water partition coefficient (Wildman–Crippen LogP) is 6.67. The van der Waals surface area contributed by atoms with E-state index in [4.69, 9.17) is 14.3 Å². The summed E-state index contributed by atoms with van der Waals surface area (Å²) in [6.07, 6.45) is 5.09. The van der Waals surface area contributed by atoms with Gasteiger partial charge in [-0.15, -0.1) is 0 Å². The van der Waals surface area contributed by atoms with Crippen molar-refractivity contribution >= 4 is 41.6 Å². The van der Waals surface area contributed by atoms with E-state index in [0.29, 0.717) is 22.8 Å². The molecular weight excluding hydrogens is 696 g/mol. The Balaban J connectivity index is 0.000000364. The number of methoxy groups -OCH3 is 4. The molecule has 0 bridgehead atoms. The van der Waals surface area contributed by atoms with Crippen LogP contribution in [0, 0.1) is 11.8 Å². The molecule has 0 aromatic heterocycles. The zero-order chi connectivity index (χ0) is 40.8. The minimum atomic E-state index is -0.450. The highest BCUT2D eigenvalue weighted by atomic mass is 16.5. The van der Waals surface area contributed by atoms with Gasteiger partial charge >= 0.3 is 30.0 Å². The van der Waals surface area contributed by atoms with E-state index in [9.17, 15) is 29.1 Å². The van der Waals surface area contributed by atoms with Crippen LogP contribution in [0.1, 0.15) is 83.0 Å². The Kier molecular flexibility index (Phi) is 20.5. The molecule has 5 rings (SSSR count). The van der Waals surface area contributed by atoms with Crippen molar-refractivity contribution in [2.24, 2.45) is 11.8 Å². The zero-order valence-corrected chi connectivity index (χ0v) is 31.9. The van der Waals surface area contributed by atoms with Gasteiger partial charge in [-0.2, -0.15) is 9.59 Å². The molecule has 0 saturated carbocycles. The Bertz CT molecular complexity index is 1830. The van der Waals surface area contributed by atoms with Gasteiger partial charge in [-0.25, -0.2) is 9.59 Å². The summed E-state index contributed by atoms with van der Waals surface area (Å²) in [5, 5.41) is 10.1. The molecule has 3 atom stereocenters. The minimum absolute atomic E-state index is 0.0441. The molecule has 0 saturated heterocycles. The first-order chi connectivity index (χ1) is 25.8. The van der Waals surface area contributed by atoms with Gasteiger partial charge in [0, 0.05) is 23.6 Å². The van der Waals surface area contributed by atoms with E-state index in [1.54, 1.807) is 37.3 Å². The Morgan fingerprint density at radius 2 is 1.37 bits per heavy atom. The summed E-state index contributed by atoms with van der Waals surface area (Å²) < 4.78 is 18.3. The molecule has 2 aliphatic carbocycles. The minimum Gasteiger partial charge on any atom is -0.507 e. The molecule has 0 fully saturated rings. The van der Waals surface area contributed by atoms with Crippen molar-refractivity contribution in [2.75, 3.05) is 28.4 Å². The van der Waals surface area contributed by atoms with Crippen molar-refractivity contribution in [1.82, 2.24) is 0 Å². The van der Waals surface area contributed by atoms with Crippen LogP contribution in [-0.2, 0) is 55.8 Å². The third-order valence-electron chi connectivity index (χ3n) is 8.47. The van der Waals surface area contributed by atoms with Gasteiger partial charge in [0.05, 0.1) is 46.3 Å². The second-order valence-electron chi connectivity index (χ2n) is 12.0. The lowest BCUT2D eigenvalue weighted by atomic mass is 9.75. The van der Waals surface area contributed by atoms with Crippen molar-refractivity contribution in [3.05, 3.63) is 124 Å². The molecule has 0 radical (unpaired) electrons. The van der Waals surface area contributed by atoms with Crippen LogP contribution < -0.4 is 0 Å². The average molecular weight is 745 g/mol. The van der Waals surface area contributed by atoms with E-state index in [1.165, 1.54) is 40.1 Å². The van der Waals surface area contributed by atoms with E-state index in [0.717, 1.165) is 35.1 Å². The molecule has 2 aliphatic rings. The first-order valence-corrected chi connectivity index (χ1v) is 16.9. The van der Waals surface area contributed by atoms with Gasteiger partial charge < -0.3 is 24.1 Å². The lowest BCUT2D eigenvalue weighted by Crippen LogP contribution is -2.26. The third kappa shape index (κ3) is 13.8. The summed E-state index contributed by atoms with van der Waals surface area (Å²) in [4.78, 5) is 72.1. The number of aliphatic hydroxyl groups excluding tert-OH is 1. The number of hydrogen-bond acceptors (Lipinski definition) is 12. The molecule has 3 aromatic rings. The molecule has 12 nitrogen and oxygen atoms in total. The number of allylic oxidation sites excluding steroid dienone is 2. The number of rotatable bonds is 5. The van der Waals surface area contributed by atoms with E-state index < -0.39 is 5.97 Å². The van der Waals surface area contributed by atoms with E-state index in [-0.39, 0.29) is 48.1 Å². The fourth-order valence-corrected chi connectivity index (χ4v) is 5.65. The van der Waals surface area contributed by atoms with Crippen LogP contribution in [0.2, 0.25) is 0 Å². The maximum atomic E-state index is 11.9. The van der Waals surface area contributed by atoms with Gasteiger partial charge in [0.25, 0.3) is 0 Å². The maximum Gasteiger partial charge on any atom is 0.373 e. The fourth-order valence-electron chi connectivity index (χ4n) is 5.65. The predicted molar refractivity (Wildman–Crippen MR) is 199 cm³/mol. The third-order valence-corrected chi connectivity index (χ3v) is 8.47. The van der Waals surface area contributed by atoms with Crippen molar-refractivity contribution < 1.29 is 57.6 Å². The molecule has 12 heteroatoms. The highest BCUT2D eigenvalue weighted by molar-refractivity contribution is 5.98. The highest BCUT2D eigenvalue weighted by Gasteiger charge is 2.36. The van der Waals surface area contributed by atoms with E-state index in [2.05, 4.69) is 27.2 Å². The second-order valence-corrected chi connectivity index (χ2v) is 12.0. The number of esters is 4. The number of Topliss-reactive ketones (excluding diaryl/α,β-unsaturated/α-hetero) is 1. The Morgan fingerprint density at radius 3 is 1.93 bits per heavy atom. The van der Waals surface area contributed by atoms with E-state index in [1.807, 2.05) is 56.3 Å². The van der Waals surface area contributed by atoms with Gasteiger partial charge in [0.1, 0.15) is 5.76 Å². The Hall–Kier alpha value is -6.13. The quantitative estimate of drug-likeness (QED) is 0.167. The normalized spacial score (nSPS) is 16.2. The van der Waals surface area contributed by atoms with E-state index >= 15 is 0 Å². The van der Waals surface area contributed by atoms with Crippen LogP contribution in [0.3, 0.4) is 0 Å². The standard InChI is InChI=1S/C14H16O3.C11H12O4.C11H12O.C5H8O2.CO2/c1-8-9(2)13(15)11-7-5-4-6-10(11)12(8)14(16)17-3;1-14-10(12)7-8-5-3-4-6-9(8)11(13)15-2;1-8-6-9-4-2-3-5-10(9)11(12)7-8;1-3-4-5(6)7-2;2-1-3/h4-8,12,15H,1-3H3;3-6H,7H2,1-2H3;2-5,8H,6-7H2,1H3;3-4H,1-2H3;/b;;;4-3+;. The second kappa shape index (κ2) is 24.2. The van der Waals surface area contributed by atoms with Crippen molar-refractivity contribution in [2.45, 2.75) is 52.9 Å². The van der Waals surface area contributed by atoms with Crippen molar-refractivity contribution in [3.63, 3.8) is 0 Å². The van der Waals surface area contributed by atoms with Crippen LogP contribution in [0.15, 0.2) is 90.5 Å². The Labute approximate surface area is 315 Å². The van der Waals surface area contributed by atoms with Gasteiger partial charge in [0.15, 0.2) is 5.78 Å². The fraction of sp³-hybridized carbons (Fsp3) is 0.333. The van der Waals surface area contributed by atoms with Gasteiger partial charge in [-0.1, -0.05) is 86.7 Å². The topological polar surface area (TPSA) is 177 Å². The molecule has 0 amide bonds. The number of hydrogen-bond donors (Lipinski definition) is 1. The van der Waals surface area contributed by atoms with Crippen molar-refractivity contribution in [1.29, 1.82) is 0 Å². The summed E-state index contributed by atoms with van der Waals surface area (Å²) in [7, 11) is 5.36. The molecule has 288 valence electrons. The zero-order valence-electron chi connectivity index (χ0n) is 31.9. The monoisotopic (exact) mass is 744 g/mol. The lowest BCUT2D eigenvalue weighted by Gasteiger charge is -2.30. The lowest BCUT2D eigenvalue weighted by molar-refractivity contribution is -0.191. The summed E-state index contributed by atoms with van der Waals surface area (Å²) in [5.74, 6) is -0.644. The summed E-state index contributed by atoms with van der Waals surface area (Å²) in [6, 6.07) is 22.1. The van der Waals surface area contributed by atoms with Crippen LogP contribution >= 0.6 is 0 Å². The van der Waals surface area contributed by atoms with Crippen LogP contribution in [0.4, 0.5) is 0 Å². The number of aliphatic hydroxyl groups is 1. The largest absolute Gasteiger partial charge is 0.507 e. The maximum absolute atomic E-state index is 11.9. The van der Waals surface area contributed by atoms with Gasteiger partial charge in [0.2, 0.25) is 0 Å². The summed E-state index contributed by atoms with van der Waals surface area (Å²) >= 11 is 0. The average Bonchev–Trinajstić information content (AvgIpc) is 3.18. The molecule has 3 aromatic carbocycles. The van der Waals surface area contributed by atoms with Gasteiger partial charge in [-0.3, -0.25) is 14.4 Å². The number of fused-ring (bicyclic) bond motifs is 2. The SMILES string of the molecule is C/C=C/C(=O)OC.CC1CC(=O)c2ccccc2C1.COC(=O)C1c2ccccc2C(O)=C(C)C1C.COC(=O)Cc1ccccc1C(=O)OC.O=C=O. The number of benzene rings is 3. The molecule has 0 aliphatic heterocycles. The van der Waals surface area contributed by atoms with Crippen molar-refractivity contribution in [3.8, 4) is 0 Å². The summed E-state index contributed by atoms with van der Waals surface area (Å²) in [5.41, 5.74) is 5.58. The number of carbonyl (C=O) groups is 5. The number of ketones is 1.